The summed E-state index contributed by atoms with van der Waals surface area (Å²) in [6, 6.07) is 16.3. The Labute approximate surface area is 204 Å². The Morgan fingerprint density at radius 1 is 0.971 bits per heavy atom. The number of thioether (sulfide) groups is 1. The van der Waals surface area contributed by atoms with Crippen molar-refractivity contribution in [3.8, 4) is 0 Å². The molecule has 3 aromatic rings. The average molecular weight is 479 g/mol. The number of hydrogen-bond acceptors (Lipinski definition) is 5. The smallest absolute Gasteiger partial charge is 0.339 e. The Balaban J connectivity index is 1.59. The molecule has 1 amide bonds. The number of rotatable bonds is 10. The van der Waals surface area contributed by atoms with Crippen LogP contribution in [0.3, 0.4) is 0 Å². The molecule has 3 rings (SSSR count). The van der Waals surface area contributed by atoms with Gasteiger partial charge in [-0.1, -0.05) is 36.8 Å². The molecule has 0 radical (unpaired) electrons. The molecule has 0 unspecified atom stereocenters. The molecule has 1 aromatic heterocycles. The number of nitrogens with zero attached hydrogens (tertiary/aromatic N) is 1. The van der Waals surface area contributed by atoms with Crippen molar-refractivity contribution in [2.24, 2.45) is 0 Å². The Morgan fingerprint density at radius 2 is 1.68 bits per heavy atom. The van der Waals surface area contributed by atoms with Gasteiger partial charge in [0.1, 0.15) is 0 Å². The molecule has 178 valence electrons. The maximum atomic E-state index is 12.7. The molecule has 0 aliphatic heterocycles. The van der Waals surface area contributed by atoms with E-state index in [9.17, 15) is 14.4 Å². The number of ketones is 1. The lowest BCUT2D eigenvalue weighted by Crippen LogP contribution is -2.16. The molecule has 7 heteroatoms. The van der Waals surface area contributed by atoms with Gasteiger partial charge in [-0.3, -0.25) is 9.59 Å². The van der Waals surface area contributed by atoms with E-state index in [1.54, 1.807) is 24.3 Å². The fourth-order valence-corrected chi connectivity index (χ4v) is 4.52. The molecule has 1 N–H and O–H groups in total. The van der Waals surface area contributed by atoms with Gasteiger partial charge in [-0.25, -0.2) is 4.79 Å². The van der Waals surface area contributed by atoms with Crippen molar-refractivity contribution < 1.29 is 19.1 Å². The highest BCUT2D eigenvalue weighted by molar-refractivity contribution is 8.00. The number of amides is 1. The number of carbonyl (C=O) groups excluding carboxylic acids is 3. The fraction of sp³-hybridized carbons (Fsp3) is 0.296. The molecule has 0 aliphatic carbocycles. The van der Waals surface area contributed by atoms with Gasteiger partial charge in [0.15, 0.2) is 6.61 Å². The second-order valence-corrected chi connectivity index (χ2v) is 9.15. The molecule has 0 saturated heterocycles. The summed E-state index contributed by atoms with van der Waals surface area (Å²) in [7, 11) is 0. The van der Waals surface area contributed by atoms with Crippen LogP contribution < -0.4 is 5.32 Å². The maximum Gasteiger partial charge on any atom is 0.339 e. The van der Waals surface area contributed by atoms with Crippen LogP contribution in [-0.4, -0.2) is 34.6 Å². The minimum absolute atomic E-state index is 0.139. The Morgan fingerprint density at radius 3 is 2.38 bits per heavy atom. The van der Waals surface area contributed by atoms with E-state index in [2.05, 4.69) is 16.8 Å². The van der Waals surface area contributed by atoms with Crippen LogP contribution in [-0.2, 0) is 16.1 Å². The Hall–Kier alpha value is -3.32. The van der Waals surface area contributed by atoms with Crippen LogP contribution in [0.5, 0.6) is 0 Å². The number of aromatic nitrogens is 1. The fourth-order valence-electron chi connectivity index (χ4n) is 3.68. The van der Waals surface area contributed by atoms with Crippen LogP contribution in [0.1, 0.15) is 51.0 Å². The van der Waals surface area contributed by atoms with Gasteiger partial charge in [0.05, 0.1) is 11.3 Å². The normalized spacial score (nSPS) is 10.7. The van der Waals surface area contributed by atoms with E-state index in [0.29, 0.717) is 16.0 Å². The number of ether oxygens (including phenoxy) is 1. The van der Waals surface area contributed by atoms with Gasteiger partial charge >= 0.3 is 5.97 Å². The molecule has 0 saturated carbocycles. The molecule has 6 nitrogen and oxygen atoms in total. The number of carbonyl (C=O) groups is 3. The lowest BCUT2D eigenvalue weighted by molar-refractivity contribution is -0.113. The third-order valence-electron chi connectivity index (χ3n) is 5.46. The van der Waals surface area contributed by atoms with E-state index >= 15 is 0 Å². The van der Waals surface area contributed by atoms with Crippen LogP contribution >= 0.6 is 11.8 Å². The van der Waals surface area contributed by atoms with Gasteiger partial charge in [-0.15, -0.1) is 11.8 Å². The van der Waals surface area contributed by atoms with E-state index in [1.807, 2.05) is 51.1 Å². The number of benzene rings is 2. The molecule has 1 heterocycles. The van der Waals surface area contributed by atoms with E-state index in [-0.39, 0.29) is 24.1 Å². The van der Waals surface area contributed by atoms with Gasteiger partial charge in [0.25, 0.3) is 0 Å². The number of nitrogens with one attached hydrogen (secondary N) is 1. The molecule has 0 spiro atoms. The largest absolute Gasteiger partial charge is 0.454 e. The lowest BCUT2D eigenvalue weighted by atomic mass is 10.1. The zero-order valence-corrected chi connectivity index (χ0v) is 20.8. The first kappa shape index (κ1) is 25.3. The van der Waals surface area contributed by atoms with Gasteiger partial charge in [-0.2, -0.15) is 0 Å². The van der Waals surface area contributed by atoms with E-state index < -0.39 is 5.97 Å². The summed E-state index contributed by atoms with van der Waals surface area (Å²) in [6.07, 6.45) is 0.969. The van der Waals surface area contributed by atoms with Crippen LogP contribution in [0, 0.1) is 20.8 Å². The first-order chi connectivity index (χ1) is 16.3. The van der Waals surface area contributed by atoms with E-state index in [4.69, 9.17) is 4.74 Å². The predicted molar refractivity (Wildman–Crippen MR) is 136 cm³/mol. The first-order valence-corrected chi connectivity index (χ1v) is 12.2. The zero-order valence-electron chi connectivity index (χ0n) is 20.0. The van der Waals surface area contributed by atoms with Crippen molar-refractivity contribution >= 4 is 35.1 Å². The maximum absolute atomic E-state index is 12.7. The van der Waals surface area contributed by atoms with Gasteiger partial charge < -0.3 is 14.6 Å². The number of hydrogen-bond donors (Lipinski definition) is 1. The van der Waals surface area contributed by atoms with Crippen molar-refractivity contribution in [2.75, 3.05) is 17.7 Å². The van der Waals surface area contributed by atoms with Crippen LogP contribution in [0.15, 0.2) is 59.5 Å². The highest BCUT2D eigenvalue weighted by Crippen LogP contribution is 2.24. The summed E-state index contributed by atoms with van der Waals surface area (Å²) in [5, 5.41) is 2.84. The van der Waals surface area contributed by atoms with Crippen LogP contribution in [0.4, 0.5) is 5.69 Å². The van der Waals surface area contributed by atoms with Crippen LogP contribution in [0.25, 0.3) is 0 Å². The predicted octanol–water partition coefficient (Wildman–Crippen LogP) is 5.59. The standard InChI is InChI=1S/C27H30N2O4S/c1-5-14-29-19(3)15-23(20(29)4)24(30)16-33-27(32)22-8-6-7-9-25(22)34-17-26(31)28-21-12-10-18(2)11-13-21/h6-13,15H,5,14,16-17H2,1-4H3,(H,28,31). The highest BCUT2D eigenvalue weighted by atomic mass is 32.2. The average Bonchev–Trinajstić information content (AvgIpc) is 3.11. The van der Waals surface area contributed by atoms with E-state index in [0.717, 1.165) is 35.6 Å². The zero-order chi connectivity index (χ0) is 24.7. The summed E-state index contributed by atoms with van der Waals surface area (Å²) in [4.78, 5) is 38.4. The summed E-state index contributed by atoms with van der Waals surface area (Å²) in [5.74, 6) is -0.848. The van der Waals surface area contributed by atoms with Crippen molar-refractivity contribution in [3.05, 3.63) is 82.7 Å². The molecular formula is C27H30N2O4S. The summed E-state index contributed by atoms with van der Waals surface area (Å²) < 4.78 is 7.45. The summed E-state index contributed by atoms with van der Waals surface area (Å²) >= 11 is 1.25. The minimum atomic E-state index is -0.585. The monoisotopic (exact) mass is 478 g/mol. The SMILES string of the molecule is CCCn1c(C)cc(C(=O)COC(=O)c2ccccc2SCC(=O)Nc2ccc(C)cc2)c1C. The van der Waals surface area contributed by atoms with Gasteiger partial charge in [0.2, 0.25) is 11.7 Å². The number of esters is 1. The van der Waals surface area contributed by atoms with Gasteiger partial charge in [0, 0.05) is 34.1 Å². The second-order valence-electron chi connectivity index (χ2n) is 8.13. The molecule has 0 aliphatic rings. The summed E-state index contributed by atoms with van der Waals surface area (Å²) in [5.41, 5.74) is 4.65. The lowest BCUT2D eigenvalue weighted by Gasteiger charge is -2.10. The molecule has 0 bridgehead atoms. The Kier molecular flexibility index (Phi) is 8.71. The van der Waals surface area contributed by atoms with Crippen molar-refractivity contribution in [3.63, 3.8) is 0 Å². The minimum Gasteiger partial charge on any atom is -0.454 e. The van der Waals surface area contributed by atoms with Crippen molar-refractivity contribution in [1.29, 1.82) is 0 Å². The van der Waals surface area contributed by atoms with Gasteiger partial charge in [-0.05, 0) is 57.5 Å². The molecule has 2 aromatic carbocycles. The third-order valence-corrected chi connectivity index (χ3v) is 6.53. The topological polar surface area (TPSA) is 77.4 Å². The highest BCUT2D eigenvalue weighted by Gasteiger charge is 2.19. The van der Waals surface area contributed by atoms with Crippen molar-refractivity contribution in [2.45, 2.75) is 45.6 Å². The van der Waals surface area contributed by atoms with Crippen molar-refractivity contribution in [1.82, 2.24) is 4.57 Å². The molecule has 34 heavy (non-hydrogen) atoms. The third kappa shape index (κ3) is 6.38. The number of Topliss-reactive ketones (excluding diaryl/α,β-unsaturated/α-hetero) is 1. The molecule has 0 atom stereocenters. The first-order valence-electron chi connectivity index (χ1n) is 11.3. The quantitative estimate of drug-likeness (QED) is 0.233. The van der Waals surface area contributed by atoms with Crippen LogP contribution in [0.2, 0.25) is 0 Å². The van der Waals surface area contributed by atoms with E-state index in [1.165, 1.54) is 11.8 Å². The molecular weight excluding hydrogens is 448 g/mol. The number of anilines is 1. The second kappa shape index (κ2) is 11.7. The number of aryl methyl sites for hydroxylation is 2. The molecule has 0 fully saturated rings. The summed E-state index contributed by atoms with van der Waals surface area (Å²) in [6.45, 7) is 8.45. The Bertz CT molecular complexity index is 1180.